The molecular weight excluding hydrogens is 370 g/mol. The summed E-state index contributed by atoms with van der Waals surface area (Å²) < 4.78 is 5.66. The number of nitro groups is 1. The Balaban J connectivity index is 1.52. The third-order valence-corrected chi connectivity index (χ3v) is 5.44. The van der Waals surface area contributed by atoms with Gasteiger partial charge in [-0.25, -0.2) is 0 Å². The van der Waals surface area contributed by atoms with Crippen molar-refractivity contribution in [1.29, 1.82) is 0 Å². The maximum Gasteiger partial charge on any atom is 0.282 e. The summed E-state index contributed by atoms with van der Waals surface area (Å²) >= 11 is 0. The van der Waals surface area contributed by atoms with Crippen LogP contribution >= 0.6 is 0 Å². The zero-order chi connectivity index (χ0) is 20.2. The number of nitro benzene ring substituents is 1. The molecule has 2 aromatic carbocycles. The Morgan fingerprint density at radius 3 is 2.62 bits per heavy atom. The number of rotatable bonds is 6. The number of fused-ring (bicyclic) bond motifs is 1. The lowest BCUT2D eigenvalue weighted by Crippen LogP contribution is -3.12. The lowest BCUT2D eigenvalue weighted by Gasteiger charge is -2.31. The monoisotopic (exact) mass is 392 g/mol. The van der Waals surface area contributed by atoms with Crippen molar-refractivity contribution in [1.82, 2.24) is 5.32 Å². The molecule has 1 aromatic heterocycles. The summed E-state index contributed by atoms with van der Waals surface area (Å²) in [5.41, 5.74) is 2.53. The van der Waals surface area contributed by atoms with Gasteiger partial charge in [-0.2, -0.15) is 0 Å². The first-order valence-electron chi connectivity index (χ1n) is 9.60. The summed E-state index contributed by atoms with van der Waals surface area (Å²) in [5, 5.41) is 14.1. The highest BCUT2D eigenvalue weighted by Gasteiger charge is 2.31. The quantitative estimate of drug-likeness (QED) is 0.498. The molecule has 0 saturated carbocycles. The van der Waals surface area contributed by atoms with Crippen LogP contribution in [0.5, 0.6) is 0 Å². The van der Waals surface area contributed by atoms with Crippen LogP contribution in [0.1, 0.15) is 33.3 Å². The molecule has 0 aliphatic carbocycles. The van der Waals surface area contributed by atoms with Crippen molar-refractivity contribution in [3.8, 4) is 0 Å². The number of carbonyl (C=O) groups is 1. The van der Waals surface area contributed by atoms with Crippen LogP contribution in [0, 0.1) is 10.1 Å². The Morgan fingerprint density at radius 1 is 1.10 bits per heavy atom. The van der Waals surface area contributed by atoms with E-state index in [0.717, 1.165) is 25.3 Å². The van der Waals surface area contributed by atoms with E-state index < -0.39 is 10.8 Å². The van der Waals surface area contributed by atoms with Gasteiger partial charge in [-0.15, -0.1) is 0 Å². The Labute approximate surface area is 168 Å². The predicted molar refractivity (Wildman–Crippen MR) is 107 cm³/mol. The molecule has 7 nitrogen and oxygen atoms in total. The normalized spacial score (nSPS) is 16.6. The van der Waals surface area contributed by atoms with Gasteiger partial charge < -0.3 is 14.6 Å². The lowest BCUT2D eigenvalue weighted by atomic mass is 9.98. The zero-order valence-electron chi connectivity index (χ0n) is 15.8. The predicted octanol–water partition coefficient (Wildman–Crippen LogP) is 2.30. The summed E-state index contributed by atoms with van der Waals surface area (Å²) in [6, 6.07) is 18.0. The fraction of sp³-hybridized carbons (Fsp3) is 0.227. The van der Waals surface area contributed by atoms with E-state index in [1.165, 1.54) is 28.2 Å². The van der Waals surface area contributed by atoms with Gasteiger partial charge >= 0.3 is 0 Å². The number of hydrogen-bond acceptors (Lipinski definition) is 4. The van der Waals surface area contributed by atoms with Gasteiger partial charge in [0.15, 0.2) is 11.8 Å². The molecule has 3 aromatic rings. The summed E-state index contributed by atoms with van der Waals surface area (Å²) in [6.07, 6.45) is 2.59. The second-order valence-corrected chi connectivity index (χ2v) is 7.16. The van der Waals surface area contributed by atoms with Crippen molar-refractivity contribution in [3.63, 3.8) is 0 Å². The molecule has 2 heterocycles. The molecule has 1 aliphatic heterocycles. The molecule has 29 heavy (non-hydrogen) atoms. The standard InChI is InChI=1S/C22H21N3O4/c26-22(18-8-3-4-9-19(18)25(27)28)23-14-20(21-10-5-13-29-21)24-12-11-16-6-1-2-7-17(16)15-24/h1-10,13,20H,11-12,14-15H2,(H,23,26)/p+1/t20-/m0/s1. The molecule has 4 rings (SSSR count). The highest BCUT2D eigenvalue weighted by molar-refractivity contribution is 5.98. The Bertz CT molecular complexity index is 1020. The maximum atomic E-state index is 12.7. The molecule has 0 bridgehead atoms. The molecular formula is C22H22N3O4+. The van der Waals surface area contributed by atoms with E-state index in [1.54, 1.807) is 18.4 Å². The minimum Gasteiger partial charge on any atom is -0.463 e. The Morgan fingerprint density at radius 2 is 1.86 bits per heavy atom. The topological polar surface area (TPSA) is 89.8 Å². The minimum absolute atomic E-state index is 0.0645. The Hall–Kier alpha value is -3.45. The van der Waals surface area contributed by atoms with Gasteiger partial charge in [-0.3, -0.25) is 14.9 Å². The minimum atomic E-state index is -0.536. The number of amides is 1. The number of nitrogens with zero attached hydrogens (tertiary/aromatic N) is 1. The average molecular weight is 392 g/mol. The first kappa shape index (κ1) is 18.9. The van der Waals surface area contributed by atoms with Gasteiger partial charge in [0.05, 0.1) is 24.3 Å². The van der Waals surface area contributed by atoms with Crippen molar-refractivity contribution in [3.05, 3.63) is 99.5 Å². The molecule has 1 unspecified atom stereocenters. The van der Waals surface area contributed by atoms with Crippen molar-refractivity contribution < 1.29 is 19.0 Å². The van der Waals surface area contributed by atoms with Gasteiger partial charge in [-0.1, -0.05) is 36.4 Å². The summed E-state index contributed by atoms with van der Waals surface area (Å²) in [4.78, 5) is 24.6. The lowest BCUT2D eigenvalue weighted by molar-refractivity contribution is -0.946. The highest BCUT2D eigenvalue weighted by atomic mass is 16.6. The summed E-state index contributed by atoms with van der Waals surface area (Å²) in [5.74, 6) is 0.341. The van der Waals surface area contributed by atoms with Crippen molar-refractivity contribution in [2.45, 2.75) is 19.0 Å². The third kappa shape index (κ3) is 4.05. The van der Waals surface area contributed by atoms with Gasteiger partial charge in [0.1, 0.15) is 12.1 Å². The van der Waals surface area contributed by atoms with E-state index in [4.69, 9.17) is 4.42 Å². The fourth-order valence-electron chi connectivity index (χ4n) is 3.95. The second-order valence-electron chi connectivity index (χ2n) is 7.16. The van der Waals surface area contributed by atoms with Crippen LogP contribution in [0.25, 0.3) is 0 Å². The molecule has 1 amide bonds. The number of hydrogen-bond donors (Lipinski definition) is 2. The van der Waals surface area contributed by atoms with Gasteiger partial charge in [0.25, 0.3) is 11.6 Å². The zero-order valence-corrected chi connectivity index (χ0v) is 15.8. The Kier molecular flexibility index (Phi) is 5.39. The van der Waals surface area contributed by atoms with Gasteiger partial charge in [0.2, 0.25) is 0 Å². The molecule has 148 valence electrons. The van der Waals surface area contributed by atoms with Crippen LogP contribution in [0.3, 0.4) is 0 Å². The molecule has 0 radical (unpaired) electrons. The molecule has 0 saturated heterocycles. The smallest absolute Gasteiger partial charge is 0.282 e. The fourth-order valence-corrected chi connectivity index (χ4v) is 3.95. The van der Waals surface area contributed by atoms with E-state index in [0.29, 0.717) is 6.54 Å². The first-order chi connectivity index (χ1) is 14.1. The van der Waals surface area contributed by atoms with Crippen LogP contribution < -0.4 is 10.2 Å². The van der Waals surface area contributed by atoms with Crippen molar-refractivity contribution in [2.24, 2.45) is 0 Å². The third-order valence-electron chi connectivity index (χ3n) is 5.44. The van der Waals surface area contributed by atoms with E-state index in [9.17, 15) is 14.9 Å². The first-order valence-corrected chi connectivity index (χ1v) is 9.60. The molecule has 1 aliphatic rings. The SMILES string of the molecule is O=C(NC[C@@H](c1ccco1)[NH+]1CCc2ccccc2C1)c1ccccc1[N+](=O)[O-]. The van der Waals surface area contributed by atoms with E-state index in [1.807, 2.05) is 18.2 Å². The molecule has 7 heteroatoms. The number of benzene rings is 2. The number of nitrogens with one attached hydrogen (secondary N) is 2. The van der Waals surface area contributed by atoms with Gasteiger partial charge in [-0.05, 0) is 23.8 Å². The number of furan rings is 1. The molecule has 2 atom stereocenters. The number of quaternary nitrogens is 1. The van der Waals surface area contributed by atoms with Crippen LogP contribution in [0.15, 0.2) is 71.3 Å². The number of carbonyl (C=O) groups excluding carboxylic acids is 1. The number of para-hydroxylation sites is 1. The second kappa shape index (κ2) is 8.28. The van der Waals surface area contributed by atoms with Crippen molar-refractivity contribution in [2.75, 3.05) is 13.1 Å². The summed E-state index contributed by atoms with van der Waals surface area (Å²) in [7, 11) is 0. The van der Waals surface area contributed by atoms with Crippen LogP contribution in [-0.2, 0) is 13.0 Å². The molecule has 2 N–H and O–H groups in total. The average Bonchev–Trinajstić information content (AvgIpc) is 3.28. The van der Waals surface area contributed by atoms with E-state index in [-0.39, 0.29) is 17.3 Å². The largest absolute Gasteiger partial charge is 0.463 e. The van der Waals surface area contributed by atoms with Crippen LogP contribution in [0.4, 0.5) is 5.69 Å². The van der Waals surface area contributed by atoms with Crippen molar-refractivity contribution >= 4 is 11.6 Å². The van der Waals surface area contributed by atoms with E-state index in [2.05, 4.69) is 23.5 Å². The summed E-state index contributed by atoms with van der Waals surface area (Å²) in [6.45, 7) is 2.09. The maximum absolute atomic E-state index is 12.7. The van der Waals surface area contributed by atoms with Crippen LogP contribution in [0.2, 0.25) is 0 Å². The van der Waals surface area contributed by atoms with Gasteiger partial charge in [0, 0.05) is 18.1 Å². The van der Waals surface area contributed by atoms with E-state index >= 15 is 0 Å². The molecule has 0 fully saturated rings. The highest BCUT2D eigenvalue weighted by Crippen LogP contribution is 2.19. The molecule has 0 spiro atoms. The van der Waals surface area contributed by atoms with Crippen LogP contribution in [-0.4, -0.2) is 23.9 Å².